The second-order valence-corrected chi connectivity index (χ2v) is 14.8. The number of nitrogens with one attached hydrogen (secondary N) is 2. The van der Waals surface area contributed by atoms with Gasteiger partial charge in [0.05, 0.1) is 14.2 Å². The molecule has 3 aliphatic rings. The summed E-state index contributed by atoms with van der Waals surface area (Å²) in [4.78, 5) is 24.6. The van der Waals surface area contributed by atoms with Gasteiger partial charge in [-0.05, 0) is 92.1 Å². The minimum Gasteiger partial charge on any atom is -0.493 e. The Kier molecular flexibility index (Phi) is 10.9. The molecule has 8 nitrogen and oxygen atoms in total. The van der Waals surface area contributed by atoms with E-state index in [4.69, 9.17) is 19.4 Å². The fourth-order valence-corrected chi connectivity index (χ4v) is 8.58. The number of benzene rings is 2. The third-order valence-corrected chi connectivity index (χ3v) is 10.0. The van der Waals surface area contributed by atoms with Crippen LogP contribution in [-0.2, 0) is 10.2 Å². The zero-order valence-corrected chi connectivity index (χ0v) is 28.3. The summed E-state index contributed by atoms with van der Waals surface area (Å²) in [5.74, 6) is -3.22. The molecule has 48 heavy (non-hydrogen) atoms. The Hall–Kier alpha value is -3.61. The van der Waals surface area contributed by atoms with E-state index in [0.29, 0.717) is 6.04 Å². The van der Waals surface area contributed by atoms with Gasteiger partial charge >= 0.3 is 18.2 Å². The van der Waals surface area contributed by atoms with Crippen LogP contribution in [0.25, 0.3) is 0 Å². The molecule has 2 amide bonds. The van der Waals surface area contributed by atoms with Gasteiger partial charge in [-0.25, -0.2) is 18.4 Å². The lowest BCUT2D eigenvalue weighted by Crippen LogP contribution is -2.56. The molecule has 0 aromatic heterocycles. The van der Waals surface area contributed by atoms with Crippen LogP contribution in [-0.4, -0.2) is 67.1 Å². The lowest BCUT2D eigenvalue weighted by molar-refractivity contribution is -0.192. The van der Waals surface area contributed by atoms with E-state index in [9.17, 15) is 26.7 Å². The first kappa shape index (κ1) is 37.2. The highest BCUT2D eigenvalue weighted by molar-refractivity contribution is 5.89. The number of carbonyl (C=O) groups is 2. The number of fused-ring (bicyclic) bond motifs is 1. The summed E-state index contributed by atoms with van der Waals surface area (Å²) in [6.45, 7) is 10.6. The van der Waals surface area contributed by atoms with Crippen LogP contribution in [0.1, 0.15) is 78.2 Å². The molecule has 5 rings (SSSR count). The van der Waals surface area contributed by atoms with Gasteiger partial charge in [0.1, 0.15) is 0 Å². The average molecular weight is 684 g/mol. The lowest BCUT2D eigenvalue weighted by Gasteiger charge is -2.52. The molecule has 1 heterocycles. The number of carbonyl (C=O) groups excluding carboxylic acids is 1. The number of hydrogen-bond donors (Lipinski definition) is 3. The fraction of sp³-hybridized carbons (Fsp3) is 0.600. The second-order valence-electron chi connectivity index (χ2n) is 14.8. The van der Waals surface area contributed by atoms with E-state index in [1.807, 2.05) is 6.07 Å². The molecule has 2 aliphatic carbocycles. The molecule has 0 bridgehead atoms. The predicted octanol–water partition coefficient (Wildman–Crippen LogP) is 7.91. The van der Waals surface area contributed by atoms with Gasteiger partial charge in [0.2, 0.25) is 0 Å². The van der Waals surface area contributed by atoms with Crippen molar-refractivity contribution in [2.75, 3.05) is 26.1 Å². The standard InChI is InChI=1S/C33H45F2N3O3.C2HF3O2/c1-31(2)18-24(19-32(3,4)20-31)38-14-13-33(21-7-10-27(40-5)28(15-21)41-6)12-11-23(17-29(33)38)37-30(39)36-22-8-9-25(34)26(35)16-22;3-2(4,5)1(6)7/h7-10,15-16,23-24,29H,11-14,17-20H2,1-6H3,(H2,36,37,39);(H,6,7)/t23-,29+,33+;/m1./s1. The first-order valence-electron chi connectivity index (χ1n) is 16.1. The van der Waals surface area contributed by atoms with Gasteiger partial charge in [-0.2, -0.15) is 13.2 Å². The highest BCUT2D eigenvalue weighted by atomic mass is 19.4. The van der Waals surface area contributed by atoms with Crippen LogP contribution in [0, 0.1) is 22.5 Å². The smallest absolute Gasteiger partial charge is 0.490 e. The Morgan fingerprint density at radius 2 is 1.54 bits per heavy atom. The highest BCUT2D eigenvalue weighted by Gasteiger charge is 2.55. The number of carboxylic acids is 1. The number of anilines is 1. The topological polar surface area (TPSA) is 100 Å². The number of methoxy groups -OCH3 is 2. The van der Waals surface area contributed by atoms with Crippen LogP contribution in [0.2, 0.25) is 0 Å². The van der Waals surface area contributed by atoms with Crippen molar-refractivity contribution in [2.45, 2.75) is 102 Å². The monoisotopic (exact) mass is 683 g/mol. The number of hydrogen-bond acceptors (Lipinski definition) is 5. The molecule has 3 atom stereocenters. The molecule has 0 unspecified atom stereocenters. The first-order chi connectivity index (χ1) is 22.3. The quantitative estimate of drug-likeness (QED) is 0.268. The summed E-state index contributed by atoms with van der Waals surface area (Å²) in [6.07, 6.45) is 2.07. The number of amides is 2. The van der Waals surface area contributed by atoms with E-state index < -0.39 is 29.8 Å². The average Bonchev–Trinajstić information content (AvgIpc) is 3.37. The number of ether oxygens (including phenoxy) is 2. The number of rotatable bonds is 6. The predicted molar refractivity (Wildman–Crippen MR) is 171 cm³/mol. The van der Waals surface area contributed by atoms with Crippen molar-refractivity contribution in [2.24, 2.45) is 10.8 Å². The number of alkyl halides is 3. The summed E-state index contributed by atoms with van der Waals surface area (Å²) < 4.78 is 70.0. The molecule has 2 aromatic rings. The molecule has 2 saturated carbocycles. The van der Waals surface area contributed by atoms with E-state index in [1.165, 1.54) is 18.1 Å². The number of carboxylic acid groups (broad SMARTS) is 1. The van der Waals surface area contributed by atoms with E-state index in [2.05, 4.69) is 55.4 Å². The maximum Gasteiger partial charge on any atom is 0.490 e. The van der Waals surface area contributed by atoms with Crippen molar-refractivity contribution in [1.29, 1.82) is 0 Å². The molecule has 3 N–H and O–H groups in total. The van der Waals surface area contributed by atoms with Gasteiger partial charge in [-0.3, -0.25) is 4.90 Å². The molecule has 266 valence electrons. The van der Waals surface area contributed by atoms with Crippen LogP contribution >= 0.6 is 0 Å². The molecule has 13 heteroatoms. The highest BCUT2D eigenvalue weighted by Crippen LogP contribution is 2.54. The maximum atomic E-state index is 13.7. The summed E-state index contributed by atoms with van der Waals surface area (Å²) in [5.41, 5.74) is 1.96. The third kappa shape index (κ3) is 8.51. The van der Waals surface area contributed by atoms with Crippen LogP contribution in [0.4, 0.5) is 32.4 Å². The third-order valence-electron chi connectivity index (χ3n) is 10.0. The van der Waals surface area contributed by atoms with Crippen LogP contribution in [0.15, 0.2) is 36.4 Å². The summed E-state index contributed by atoms with van der Waals surface area (Å²) >= 11 is 0. The van der Waals surface area contributed by atoms with Gasteiger partial charge < -0.3 is 25.2 Å². The van der Waals surface area contributed by atoms with Crippen LogP contribution in [0.5, 0.6) is 11.5 Å². The Morgan fingerprint density at radius 1 is 0.917 bits per heavy atom. The Bertz CT molecular complexity index is 1470. The van der Waals surface area contributed by atoms with E-state index in [1.54, 1.807) is 14.2 Å². The zero-order valence-electron chi connectivity index (χ0n) is 28.3. The molecular weight excluding hydrogens is 637 g/mol. The van der Waals surface area contributed by atoms with E-state index >= 15 is 0 Å². The minimum absolute atomic E-state index is 0.0382. The largest absolute Gasteiger partial charge is 0.493 e. The first-order valence-corrected chi connectivity index (χ1v) is 16.1. The molecule has 1 saturated heterocycles. The Balaban J connectivity index is 0.000000671. The van der Waals surface area contributed by atoms with E-state index in [-0.39, 0.29) is 34.0 Å². The molecule has 0 radical (unpaired) electrons. The van der Waals surface area contributed by atoms with Crippen molar-refractivity contribution in [1.82, 2.24) is 10.2 Å². The Morgan fingerprint density at radius 3 is 2.10 bits per heavy atom. The van der Waals surface area contributed by atoms with Crippen molar-refractivity contribution in [3.05, 3.63) is 53.6 Å². The van der Waals surface area contributed by atoms with Crippen molar-refractivity contribution >= 4 is 17.7 Å². The van der Waals surface area contributed by atoms with Crippen molar-refractivity contribution in [3.63, 3.8) is 0 Å². The van der Waals surface area contributed by atoms with E-state index in [0.717, 1.165) is 68.7 Å². The molecule has 1 aliphatic heterocycles. The number of likely N-dealkylation sites (tertiary alicyclic amines) is 1. The number of aliphatic carboxylic acids is 1. The van der Waals surface area contributed by atoms with Gasteiger partial charge in [0, 0.05) is 35.3 Å². The van der Waals surface area contributed by atoms with Crippen molar-refractivity contribution < 1.29 is 46.1 Å². The summed E-state index contributed by atoms with van der Waals surface area (Å²) in [5, 5.41) is 12.9. The number of nitrogens with zero attached hydrogens (tertiary/aromatic N) is 1. The van der Waals surface area contributed by atoms with Gasteiger partial charge in [0.15, 0.2) is 23.1 Å². The molecule has 0 spiro atoms. The minimum atomic E-state index is -5.08. The van der Waals surface area contributed by atoms with Gasteiger partial charge in [-0.15, -0.1) is 0 Å². The summed E-state index contributed by atoms with van der Waals surface area (Å²) in [7, 11) is 3.33. The molecule has 2 aromatic carbocycles. The van der Waals surface area contributed by atoms with Crippen LogP contribution < -0.4 is 20.1 Å². The van der Waals surface area contributed by atoms with Gasteiger partial charge in [0.25, 0.3) is 0 Å². The number of halogens is 5. The zero-order chi connectivity index (χ0) is 35.7. The second kappa shape index (κ2) is 14.1. The molecular formula is C35H46F5N3O5. The van der Waals surface area contributed by atoms with Crippen LogP contribution in [0.3, 0.4) is 0 Å². The summed E-state index contributed by atoms with van der Waals surface area (Å²) in [6, 6.07) is 10.0. The number of urea groups is 1. The SMILES string of the molecule is COc1ccc([C@@]23CC[C@@H](NC(=O)Nc4ccc(F)c(F)c4)C[C@@H]2N(C2CC(C)(C)CC(C)(C)C2)CC3)cc1OC.O=C(O)C(F)(F)F. The molecule has 3 fully saturated rings. The normalized spacial score (nSPS) is 25.2. The fourth-order valence-electron chi connectivity index (χ4n) is 8.58. The van der Waals surface area contributed by atoms with Crippen molar-refractivity contribution in [3.8, 4) is 11.5 Å². The maximum absolute atomic E-state index is 13.7. The Labute approximate surface area is 278 Å². The van der Waals surface area contributed by atoms with Gasteiger partial charge in [-0.1, -0.05) is 33.8 Å². The lowest BCUT2D eigenvalue weighted by atomic mass is 9.62.